The Kier molecular flexibility index (Phi) is 5.80. The zero-order valence-corrected chi connectivity index (χ0v) is 25.0. The fraction of sp³-hybridized carbons (Fsp3) is 0.543. The summed E-state index contributed by atoms with van der Waals surface area (Å²) in [4.78, 5) is 26.0. The lowest BCUT2D eigenvalue weighted by Crippen LogP contribution is -2.69. The molecule has 9 heteroatoms. The van der Waals surface area contributed by atoms with Gasteiger partial charge in [-0.25, -0.2) is 4.39 Å². The average Bonchev–Trinajstić information content (AvgIpc) is 3.37. The van der Waals surface area contributed by atoms with Crippen LogP contribution in [0.25, 0.3) is 0 Å². The first kappa shape index (κ1) is 28.4. The number of allylic oxidation sites excluding steroid dienone is 4. The molecule has 4 saturated carbocycles. The molecule has 1 aromatic carbocycles. The minimum atomic E-state index is -2.03. The van der Waals surface area contributed by atoms with Crippen molar-refractivity contribution in [1.82, 2.24) is 4.57 Å². The topological polar surface area (TPSA) is 124 Å². The molecule has 6 aliphatic rings. The van der Waals surface area contributed by atoms with Crippen LogP contribution in [-0.4, -0.2) is 56.4 Å². The Morgan fingerprint density at radius 2 is 2.00 bits per heavy atom. The van der Waals surface area contributed by atoms with E-state index in [1.165, 1.54) is 12.2 Å². The minimum Gasteiger partial charge on any atom is -0.399 e. The van der Waals surface area contributed by atoms with Gasteiger partial charge in [-0.15, -0.1) is 0 Å². The van der Waals surface area contributed by atoms with Crippen molar-refractivity contribution in [2.45, 2.75) is 87.7 Å². The smallest absolute Gasteiger partial charge is 0.193 e. The molecule has 1 saturated heterocycles. The Morgan fingerprint density at radius 3 is 2.73 bits per heavy atom. The highest BCUT2D eigenvalue weighted by atomic mass is 19.1. The lowest BCUT2D eigenvalue weighted by atomic mass is 9.44. The number of aromatic nitrogens is 1. The lowest BCUT2D eigenvalue weighted by Gasteiger charge is -2.62. The number of hydrogen-bond acceptors (Lipinski definition) is 7. The summed E-state index contributed by atoms with van der Waals surface area (Å²) >= 11 is 0. The number of nitrogen functional groups attached to an aromatic ring is 1. The number of rotatable bonds is 5. The van der Waals surface area contributed by atoms with Gasteiger partial charge in [0.25, 0.3) is 0 Å². The maximum Gasteiger partial charge on any atom is 0.193 e. The van der Waals surface area contributed by atoms with Gasteiger partial charge in [-0.3, -0.25) is 9.59 Å². The Labute approximate surface area is 255 Å². The van der Waals surface area contributed by atoms with Gasteiger partial charge in [-0.05, 0) is 87.3 Å². The van der Waals surface area contributed by atoms with E-state index >= 15 is 4.39 Å². The molecule has 8 nitrogen and oxygen atoms in total. The van der Waals surface area contributed by atoms with Crippen molar-refractivity contribution in [1.29, 1.82) is 0 Å². The Bertz CT molecular complexity index is 1640. The predicted octanol–water partition coefficient (Wildman–Crippen LogP) is 4.30. The van der Waals surface area contributed by atoms with Crippen molar-refractivity contribution >= 4 is 17.3 Å². The van der Waals surface area contributed by atoms with Crippen LogP contribution in [0.3, 0.4) is 0 Å². The molecule has 2 heterocycles. The molecular formula is C35H39FN2O6. The van der Waals surface area contributed by atoms with Crippen molar-refractivity contribution in [3.63, 3.8) is 0 Å². The minimum absolute atomic E-state index is 0.0345. The Balaban J connectivity index is 1.14. The highest BCUT2D eigenvalue weighted by Gasteiger charge is 2.79. The van der Waals surface area contributed by atoms with Gasteiger partial charge in [-0.2, -0.15) is 0 Å². The normalized spacial score (nSPS) is 43.1. The van der Waals surface area contributed by atoms with E-state index in [2.05, 4.69) is 10.6 Å². The largest absolute Gasteiger partial charge is 0.399 e. The monoisotopic (exact) mass is 602 g/mol. The third-order valence-corrected chi connectivity index (χ3v) is 12.6. The van der Waals surface area contributed by atoms with Gasteiger partial charge in [0, 0.05) is 40.4 Å². The number of hydrogen-bond donors (Lipinski definition) is 3. The molecule has 5 fully saturated rings. The molecule has 9 atom stereocenters. The van der Waals surface area contributed by atoms with Crippen molar-refractivity contribution < 1.29 is 33.7 Å². The maximum atomic E-state index is 17.6. The SMILES string of the molecule is C[C@]12C=CC(=O)C=C1CC[C@H]1[C@@H]3C[C@H]4O[C@@H](c5ccn(C6(c7cccc(N)c7)CC6)c5)O[C@@]4(C(=O)CO)[C@@]3(C)C[C@H](O)[C@@]12F. The third-order valence-electron chi connectivity index (χ3n) is 12.6. The fourth-order valence-corrected chi connectivity index (χ4v) is 10.2. The van der Waals surface area contributed by atoms with E-state index in [-0.39, 0.29) is 23.7 Å². The van der Waals surface area contributed by atoms with Gasteiger partial charge < -0.3 is 30.0 Å². The van der Waals surface area contributed by atoms with E-state index < -0.39 is 58.9 Å². The summed E-state index contributed by atoms with van der Waals surface area (Å²) < 4.78 is 33.0. The zero-order chi connectivity index (χ0) is 30.9. The van der Waals surface area contributed by atoms with Crippen molar-refractivity contribution in [3.05, 3.63) is 77.7 Å². The van der Waals surface area contributed by atoms with Crippen LogP contribution in [0.5, 0.6) is 0 Å². The molecule has 0 amide bonds. The Morgan fingerprint density at radius 1 is 1.20 bits per heavy atom. The van der Waals surface area contributed by atoms with Crippen LogP contribution in [0.1, 0.15) is 69.8 Å². The number of nitrogens with two attached hydrogens (primary N) is 1. The van der Waals surface area contributed by atoms with Crippen LogP contribution in [0, 0.1) is 22.7 Å². The van der Waals surface area contributed by atoms with Gasteiger partial charge in [-0.1, -0.05) is 30.7 Å². The van der Waals surface area contributed by atoms with Crippen molar-refractivity contribution in [2.24, 2.45) is 22.7 Å². The first-order valence-corrected chi connectivity index (χ1v) is 15.8. The molecule has 1 aliphatic heterocycles. The number of Topliss-reactive ketones (excluding diaryl/α,β-unsaturated/α-hetero) is 1. The van der Waals surface area contributed by atoms with Gasteiger partial charge in [0.1, 0.15) is 6.61 Å². The number of benzene rings is 1. The molecule has 5 aliphatic carbocycles. The number of alkyl halides is 1. The van der Waals surface area contributed by atoms with E-state index in [9.17, 15) is 19.8 Å². The molecule has 8 rings (SSSR count). The van der Waals surface area contributed by atoms with Crippen LogP contribution in [-0.2, 0) is 24.6 Å². The summed E-state index contributed by atoms with van der Waals surface area (Å²) in [6, 6.07) is 9.84. The number of carbonyl (C=O) groups excluding carboxylic acids is 2. The average molecular weight is 603 g/mol. The van der Waals surface area contributed by atoms with Gasteiger partial charge in [0.15, 0.2) is 29.1 Å². The summed E-state index contributed by atoms with van der Waals surface area (Å²) in [7, 11) is 0. The van der Waals surface area contributed by atoms with E-state index in [0.717, 1.165) is 24.0 Å². The highest BCUT2D eigenvalue weighted by Crippen LogP contribution is 2.72. The number of carbonyl (C=O) groups is 2. The van der Waals surface area contributed by atoms with Crippen LogP contribution in [0.4, 0.5) is 10.1 Å². The number of ketones is 2. The van der Waals surface area contributed by atoms with E-state index in [4.69, 9.17) is 15.2 Å². The standard InChI is InChI=1S/C35H39FN2O6/c1-31-10-8-24(40)15-21(31)6-7-25-26-16-29-35(28(42)19-39,32(26,2)17-27(41)34(25,31)36)44-30(43-29)20-9-13-38(18-20)33(11-12-33)22-4-3-5-23(37)14-22/h3-5,8-10,13-15,18,25-27,29-30,39,41H,6-7,11-12,16-17,19,37H2,1-2H3/t25-,26-,27-,29+,30+,31-,32-,34-,35+/m0/s1. The molecule has 0 unspecified atom stereocenters. The highest BCUT2D eigenvalue weighted by molar-refractivity contribution is 6.01. The molecule has 2 aromatic rings. The van der Waals surface area contributed by atoms with Gasteiger partial charge in [0.05, 0.1) is 17.7 Å². The summed E-state index contributed by atoms with van der Waals surface area (Å²) in [6.07, 6.45) is 8.77. The van der Waals surface area contributed by atoms with Crippen LogP contribution in [0.2, 0.25) is 0 Å². The van der Waals surface area contributed by atoms with E-state index in [1.807, 2.05) is 43.6 Å². The molecular weight excluding hydrogens is 563 g/mol. The second-order valence-electron chi connectivity index (χ2n) is 14.4. The number of nitrogens with zero attached hydrogens (tertiary/aromatic N) is 1. The zero-order valence-electron chi connectivity index (χ0n) is 25.0. The number of halogens is 1. The van der Waals surface area contributed by atoms with Crippen molar-refractivity contribution in [3.8, 4) is 0 Å². The van der Waals surface area contributed by atoms with Crippen LogP contribution in [0.15, 0.2) is 66.5 Å². The molecule has 44 heavy (non-hydrogen) atoms. The summed E-state index contributed by atoms with van der Waals surface area (Å²) in [5, 5.41) is 22.0. The first-order valence-electron chi connectivity index (χ1n) is 15.8. The summed E-state index contributed by atoms with van der Waals surface area (Å²) in [5.41, 5.74) is 3.50. The first-order chi connectivity index (χ1) is 20.9. The third kappa shape index (κ3) is 3.31. The van der Waals surface area contributed by atoms with Gasteiger partial charge >= 0.3 is 0 Å². The second-order valence-corrected chi connectivity index (χ2v) is 14.4. The maximum absolute atomic E-state index is 17.6. The fourth-order valence-electron chi connectivity index (χ4n) is 10.2. The van der Waals surface area contributed by atoms with E-state index in [1.54, 1.807) is 13.0 Å². The second kappa shape index (κ2) is 9.00. The molecule has 1 aromatic heterocycles. The number of aliphatic hydroxyl groups is 2. The quantitative estimate of drug-likeness (QED) is 0.436. The summed E-state index contributed by atoms with van der Waals surface area (Å²) in [5.74, 6) is -1.61. The molecule has 4 N–H and O–H groups in total. The van der Waals surface area contributed by atoms with E-state index in [0.29, 0.717) is 30.5 Å². The Hall–Kier alpha value is -3.11. The summed E-state index contributed by atoms with van der Waals surface area (Å²) in [6.45, 7) is 2.93. The molecule has 0 radical (unpaired) electrons. The number of ether oxygens (including phenoxy) is 2. The molecule has 232 valence electrons. The van der Waals surface area contributed by atoms with Crippen LogP contribution < -0.4 is 5.73 Å². The van der Waals surface area contributed by atoms with Gasteiger partial charge in [0.2, 0.25) is 0 Å². The molecule has 0 spiro atoms. The number of fused-ring (bicyclic) bond motifs is 7. The lowest BCUT2D eigenvalue weighted by molar-refractivity contribution is -0.231. The number of anilines is 1. The van der Waals surface area contributed by atoms with Crippen molar-refractivity contribution in [2.75, 3.05) is 12.3 Å². The number of aliphatic hydroxyl groups excluding tert-OH is 2. The van der Waals surface area contributed by atoms with Crippen LogP contribution >= 0.6 is 0 Å². The predicted molar refractivity (Wildman–Crippen MR) is 159 cm³/mol. The molecule has 0 bridgehead atoms.